The molecule has 19 heavy (non-hydrogen) atoms. The van der Waals surface area contributed by atoms with Crippen molar-refractivity contribution in [2.75, 3.05) is 5.32 Å². The van der Waals surface area contributed by atoms with Crippen LogP contribution in [0.25, 0.3) is 0 Å². The minimum Gasteiger partial charge on any atom is -0.389 e. The van der Waals surface area contributed by atoms with Gasteiger partial charge in [-0.1, -0.05) is 18.3 Å². The zero-order valence-electron chi connectivity index (χ0n) is 10.4. The number of nitrogens with one attached hydrogen (secondary N) is 1. The standard InChI is InChI=1S/C14H13N3OS/c1-9-3-2-4-12(16-9)14(18)17-11-7-5-10(6-8-11)13(15)19/h2-8H,1H3,(H2,15,19)(H,17,18). The topological polar surface area (TPSA) is 68.0 Å². The number of rotatable bonds is 3. The van der Waals surface area contributed by atoms with Gasteiger partial charge in [-0.25, -0.2) is 4.98 Å². The average Bonchev–Trinajstić information content (AvgIpc) is 2.39. The van der Waals surface area contributed by atoms with Crippen LogP contribution in [0.4, 0.5) is 5.69 Å². The highest BCUT2D eigenvalue weighted by molar-refractivity contribution is 7.80. The Bertz CT molecular complexity index is 623. The lowest BCUT2D eigenvalue weighted by Gasteiger charge is -2.06. The van der Waals surface area contributed by atoms with Crippen LogP contribution < -0.4 is 11.1 Å². The van der Waals surface area contributed by atoms with Gasteiger partial charge in [0.25, 0.3) is 5.91 Å². The van der Waals surface area contributed by atoms with Gasteiger partial charge in [0.15, 0.2) is 0 Å². The molecule has 0 spiro atoms. The van der Waals surface area contributed by atoms with Crippen molar-refractivity contribution in [3.63, 3.8) is 0 Å². The molecule has 0 unspecified atom stereocenters. The summed E-state index contributed by atoms with van der Waals surface area (Å²) in [6, 6.07) is 12.3. The van der Waals surface area contributed by atoms with Crippen molar-refractivity contribution < 1.29 is 4.79 Å². The molecule has 0 radical (unpaired) electrons. The molecule has 0 saturated heterocycles. The van der Waals surface area contributed by atoms with Crippen LogP contribution in [0.1, 0.15) is 21.7 Å². The smallest absolute Gasteiger partial charge is 0.274 e. The lowest BCUT2D eigenvalue weighted by molar-refractivity contribution is 0.102. The highest BCUT2D eigenvalue weighted by atomic mass is 32.1. The fraction of sp³-hybridized carbons (Fsp3) is 0.0714. The molecule has 0 bridgehead atoms. The summed E-state index contributed by atoms with van der Waals surface area (Å²) in [6.07, 6.45) is 0. The minimum absolute atomic E-state index is 0.244. The fourth-order valence-corrected chi connectivity index (χ4v) is 1.72. The molecule has 1 heterocycles. The summed E-state index contributed by atoms with van der Waals surface area (Å²) in [7, 11) is 0. The minimum atomic E-state index is -0.244. The first-order chi connectivity index (χ1) is 9.06. The van der Waals surface area contributed by atoms with Crippen LogP contribution in [0.3, 0.4) is 0 Å². The van der Waals surface area contributed by atoms with Gasteiger partial charge in [0.1, 0.15) is 10.7 Å². The zero-order chi connectivity index (χ0) is 13.8. The van der Waals surface area contributed by atoms with Gasteiger partial charge in [-0.05, 0) is 43.3 Å². The zero-order valence-corrected chi connectivity index (χ0v) is 11.2. The SMILES string of the molecule is Cc1cccc(C(=O)Nc2ccc(C(N)=S)cc2)n1. The second kappa shape index (κ2) is 5.58. The van der Waals surface area contributed by atoms with E-state index < -0.39 is 0 Å². The molecule has 0 saturated carbocycles. The number of aryl methyl sites for hydroxylation is 1. The van der Waals surface area contributed by atoms with Crippen molar-refractivity contribution >= 4 is 28.8 Å². The van der Waals surface area contributed by atoms with Gasteiger partial charge in [-0.3, -0.25) is 4.79 Å². The van der Waals surface area contributed by atoms with Crippen LogP contribution in [-0.4, -0.2) is 15.9 Å². The predicted molar refractivity (Wildman–Crippen MR) is 79.3 cm³/mol. The molecule has 0 fully saturated rings. The highest BCUT2D eigenvalue weighted by Gasteiger charge is 2.07. The van der Waals surface area contributed by atoms with Gasteiger partial charge in [0.2, 0.25) is 0 Å². The first-order valence-electron chi connectivity index (χ1n) is 5.71. The largest absolute Gasteiger partial charge is 0.389 e. The maximum atomic E-state index is 12.0. The van der Waals surface area contributed by atoms with Crippen LogP contribution >= 0.6 is 12.2 Å². The second-order valence-corrected chi connectivity index (χ2v) is 4.50. The third-order valence-electron chi connectivity index (χ3n) is 2.55. The Kier molecular flexibility index (Phi) is 3.87. The monoisotopic (exact) mass is 271 g/mol. The lowest BCUT2D eigenvalue weighted by atomic mass is 10.2. The van der Waals surface area contributed by atoms with E-state index in [9.17, 15) is 4.79 Å². The number of carbonyl (C=O) groups is 1. The molecule has 2 rings (SSSR count). The number of nitrogens with zero attached hydrogens (tertiary/aromatic N) is 1. The van der Waals surface area contributed by atoms with Crippen molar-refractivity contribution in [2.24, 2.45) is 5.73 Å². The van der Waals surface area contributed by atoms with Crippen LogP contribution in [0.5, 0.6) is 0 Å². The van der Waals surface area contributed by atoms with Crippen LogP contribution in [0.15, 0.2) is 42.5 Å². The van der Waals surface area contributed by atoms with Crippen molar-refractivity contribution in [3.05, 3.63) is 59.4 Å². The highest BCUT2D eigenvalue weighted by Crippen LogP contribution is 2.11. The molecule has 1 aromatic heterocycles. The summed E-state index contributed by atoms with van der Waals surface area (Å²) in [6.45, 7) is 1.84. The number of amides is 1. The third-order valence-corrected chi connectivity index (χ3v) is 2.78. The number of benzene rings is 1. The molecule has 5 heteroatoms. The van der Waals surface area contributed by atoms with Crippen LogP contribution in [0, 0.1) is 6.92 Å². The maximum absolute atomic E-state index is 12.0. The number of pyridine rings is 1. The van der Waals surface area contributed by atoms with E-state index >= 15 is 0 Å². The molecule has 4 nitrogen and oxygen atoms in total. The Morgan fingerprint density at radius 3 is 2.47 bits per heavy atom. The molecular weight excluding hydrogens is 258 g/mol. The first kappa shape index (κ1) is 13.2. The second-order valence-electron chi connectivity index (χ2n) is 4.06. The summed E-state index contributed by atoms with van der Waals surface area (Å²) < 4.78 is 0. The Morgan fingerprint density at radius 2 is 1.89 bits per heavy atom. The quantitative estimate of drug-likeness (QED) is 0.840. The average molecular weight is 271 g/mol. The molecule has 0 atom stereocenters. The van der Waals surface area contributed by atoms with E-state index in [1.54, 1.807) is 36.4 Å². The summed E-state index contributed by atoms with van der Waals surface area (Å²) in [5, 5.41) is 2.77. The van der Waals surface area contributed by atoms with E-state index in [4.69, 9.17) is 18.0 Å². The van der Waals surface area contributed by atoms with E-state index in [0.717, 1.165) is 11.3 Å². The van der Waals surface area contributed by atoms with Crippen molar-refractivity contribution in [1.82, 2.24) is 4.98 Å². The van der Waals surface area contributed by atoms with E-state index in [2.05, 4.69) is 10.3 Å². The number of nitrogens with two attached hydrogens (primary N) is 1. The Morgan fingerprint density at radius 1 is 1.21 bits per heavy atom. The number of thiocarbonyl (C=S) groups is 1. The molecule has 1 amide bonds. The van der Waals surface area contributed by atoms with Crippen LogP contribution in [-0.2, 0) is 0 Å². The van der Waals surface area contributed by atoms with Crippen molar-refractivity contribution in [2.45, 2.75) is 6.92 Å². The summed E-state index contributed by atoms with van der Waals surface area (Å²) in [4.78, 5) is 16.5. The molecule has 1 aromatic carbocycles. The number of anilines is 1. The van der Waals surface area contributed by atoms with Gasteiger partial charge >= 0.3 is 0 Å². The van der Waals surface area contributed by atoms with Crippen LogP contribution in [0.2, 0.25) is 0 Å². The normalized spacial score (nSPS) is 9.95. The predicted octanol–water partition coefficient (Wildman–Crippen LogP) is 2.28. The molecular formula is C14H13N3OS. The Hall–Kier alpha value is -2.27. The van der Waals surface area contributed by atoms with E-state index in [0.29, 0.717) is 16.4 Å². The van der Waals surface area contributed by atoms with Gasteiger partial charge in [-0.15, -0.1) is 0 Å². The summed E-state index contributed by atoms with van der Waals surface area (Å²) >= 11 is 4.86. The van der Waals surface area contributed by atoms with Crippen molar-refractivity contribution in [3.8, 4) is 0 Å². The van der Waals surface area contributed by atoms with E-state index in [1.165, 1.54) is 0 Å². The number of aromatic nitrogens is 1. The van der Waals surface area contributed by atoms with Gasteiger partial charge in [-0.2, -0.15) is 0 Å². The summed E-state index contributed by atoms with van der Waals surface area (Å²) in [5.74, 6) is -0.244. The summed E-state index contributed by atoms with van der Waals surface area (Å²) in [5.41, 5.74) is 8.14. The molecule has 2 aromatic rings. The van der Waals surface area contributed by atoms with Gasteiger partial charge in [0, 0.05) is 16.9 Å². The molecule has 0 aliphatic heterocycles. The number of hydrogen-bond acceptors (Lipinski definition) is 3. The van der Waals surface area contributed by atoms with Crippen molar-refractivity contribution in [1.29, 1.82) is 0 Å². The third kappa shape index (κ3) is 3.35. The first-order valence-corrected chi connectivity index (χ1v) is 6.12. The Balaban J connectivity index is 2.13. The van der Waals surface area contributed by atoms with Gasteiger partial charge < -0.3 is 11.1 Å². The molecule has 0 aliphatic carbocycles. The molecule has 96 valence electrons. The molecule has 0 aliphatic rings. The Labute approximate surface area is 116 Å². The maximum Gasteiger partial charge on any atom is 0.274 e. The fourth-order valence-electron chi connectivity index (χ4n) is 1.58. The molecule has 3 N–H and O–H groups in total. The van der Waals surface area contributed by atoms with E-state index in [-0.39, 0.29) is 5.91 Å². The van der Waals surface area contributed by atoms with Gasteiger partial charge in [0.05, 0.1) is 0 Å². The number of hydrogen-bond donors (Lipinski definition) is 2. The number of carbonyl (C=O) groups excluding carboxylic acids is 1. The lowest BCUT2D eigenvalue weighted by Crippen LogP contribution is -2.14. The van der Waals surface area contributed by atoms with E-state index in [1.807, 2.05) is 13.0 Å².